The molecule has 1 aromatic carbocycles. The topological polar surface area (TPSA) is 76.1 Å². The van der Waals surface area contributed by atoms with E-state index in [9.17, 15) is 9.18 Å². The van der Waals surface area contributed by atoms with Gasteiger partial charge < -0.3 is 15.4 Å². The van der Waals surface area contributed by atoms with E-state index in [0.29, 0.717) is 24.4 Å². The van der Waals surface area contributed by atoms with Gasteiger partial charge in [-0.15, -0.1) is 0 Å². The average molecular weight is 274 g/mol. The molecule has 7 heteroatoms. The standard InChI is InChI=1S/C13H11FN4O2/c14-10-6-12-9(13(19)15-3-4-20-12)5-11(10)18-8-1-2-16-17-7-8/h1-2,5-7H,3-4H2,(H,15,19)(H,16,18). The molecule has 0 atom stereocenters. The fraction of sp³-hybridized carbons (Fsp3) is 0.154. The Morgan fingerprint density at radius 1 is 1.35 bits per heavy atom. The second-order valence-corrected chi connectivity index (χ2v) is 4.19. The smallest absolute Gasteiger partial charge is 0.255 e. The zero-order chi connectivity index (χ0) is 13.9. The van der Waals surface area contributed by atoms with E-state index in [1.54, 1.807) is 6.07 Å². The van der Waals surface area contributed by atoms with Gasteiger partial charge in [0.25, 0.3) is 5.91 Å². The number of hydrogen-bond acceptors (Lipinski definition) is 5. The molecule has 0 unspecified atom stereocenters. The predicted molar refractivity (Wildman–Crippen MR) is 69.5 cm³/mol. The summed E-state index contributed by atoms with van der Waals surface area (Å²) in [5.74, 6) is -0.542. The van der Waals surface area contributed by atoms with Gasteiger partial charge in [0.05, 0.1) is 35.9 Å². The normalized spacial score (nSPS) is 13.8. The maximum Gasteiger partial charge on any atom is 0.255 e. The van der Waals surface area contributed by atoms with Crippen molar-refractivity contribution in [1.29, 1.82) is 0 Å². The van der Waals surface area contributed by atoms with Crippen molar-refractivity contribution >= 4 is 17.3 Å². The van der Waals surface area contributed by atoms with E-state index >= 15 is 0 Å². The number of hydrogen-bond donors (Lipinski definition) is 2. The number of halogens is 1. The predicted octanol–water partition coefficient (Wildman–Crippen LogP) is 1.48. The van der Waals surface area contributed by atoms with Gasteiger partial charge in [-0.3, -0.25) is 4.79 Å². The number of ether oxygens (including phenoxy) is 1. The van der Waals surface area contributed by atoms with Crippen molar-refractivity contribution in [3.8, 4) is 5.75 Å². The minimum Gasteiger partial charge on any atom is -0.491 e. The van der Waals surface area contributed by atoms with Gasteiger partial charge in [-0.05, 0) is 12.1 Å². The van der Waals surface area contributed by atoms with Crippen LogP contribution in [0, 0.1) is 5.82 Å². The van der Waals surface area contributed by atoms with Gasteiger partial charge >= 0.3 is 0 Å². The fourth-order valence-electron chi connectivity index (χ4n) is 1.89. The molecule has 20 heavy (non-hydrogen) atoms. The molecule has 0 bridgehead atoms. The molecular weight excluding hydrogens is 263 g/mol. The lowest BCUT2D eigenvalue weighted by Gasteiger charge is -2.11. The van der Waals surface area contributed by atoms with Crippen LogP contribution in [0.4, 0.5) is 15.8 Å². The number of fused-ring (bicyclic) bond motifs is 1. The van der Waals surface area contributed by atoms with Crippen LogP contribution in [0.25, 0.3) is 0 Å². The molecule has 0 saturated carbocycles. The van der Waals surface area contributed by atoms with Gasteiger partial charge in [0.1, 0.15) is 18.2 Å². The highest BCUT2D eigenvalue weighted by atomic mass is 19.1. The number of anilines is 2. The molecule has 2 aromatic rings. The number of amides is 1. The number of aromatic nitrogens is 2. The largest absolute Gasteiger partial charge is 0.491 e. The molecule has 1 aromatic heterocycles. The van der Waals surface area contributed by atoms with Crippen LogP contribution in [0.5, 0.6) is 5.75 Å². The van der Waals surface area contributed by atoms with E-state index in [4.69, 9.17) is 4.74 Å². The van der Waals surface area contributed by atoms with Crippen LogP contribution in [-0.4, -0.2) is 29.3 Å². The first-order valence-electron chi connectivity index (χ1n) is 6.02. The Labute approximate surface area is 114 Å². The first-order chi connectivity index (χ1) is 9.74. The van der Waals surface area contributed by atoms with Gasteiger partial charge in [0.15, 0.2) is 0 Å². The summed E-state index contributed by atoms with van der Waals surface area (Å²) in [5.41, 5.74) is 1.06. The third-order valence-electron chi connectivity index (χ3n) is 2.82. The molecule has 1 amide bonds. The van der Waals surface area contributed by atoms with E-state index < -0.39 is 5.82 Å². The summed E-state index contributed by atoms with van der Waals surface area (Å²) in [5, 5.41) is 12.9. The summed E-state index contributed by atoms with van der Waals surface area (Å²) in [7, 11) is 0. The second-order valence-electron chi connectivity index (χ2n) is 4.19. The van der Waals surface area contributed by atoms with Crippen LogP contribution in [0.1, 0.15) is 10.4 Å². The van der Waals surface area contributed by atoms with E-state index in [-0.39, 0.29) is 17.3 Å². The van der Waals surface area contributed by atoms with Gasteiger partial charge in [0, 0.05) is 6.07 Å². The Hall–Kier alpha value is -2.70. The Morgan fingerprint density at radius 3 is 3.05 bits per heavy atom. The molecule has 0 radical (unpaired) electrons. The van der Waals surface area contributed by atoms with E-state index in [1.165, 1.54) is 24.5 Å². The Morgan fingerprint density at radius 2 is 2.25 bits per heavy atom. The quantitative estimate of drug-likeness (QED) is 0.867. The Kier molecular flexibility index (Phi) is 3.16. The van der Waals surface area contributed by atoms with Crippen LogP contribution < -0.4 is 15.4 Å². The molecule has 0 aliphatic carbocycles. The number of benzene rings is 1. The van der Waals surface area contributed by atoms with Crippen molar-refractivity contribution in [1.82, 2.24) is 15.5 Å². The highest BCUT2D eigenvalue weighted by molar-refractivity contribution is 5.98. The molecular formula is C13H11FN4O2. The van der Waals surface area contributed by atoms with Crippen molar-refractivity contribution in [2.75, 3.05) is 18.5 Å². The average Bonchev–Trinajstić information content (AvgIpc) is 2.63. The molecule has 2 heterocycles. The highest BCUT2D eigenvalue weighted by Gasteiger charge is 2.19. The molecule has 6 nitrogen and oxygen atoms in total. The van der Waals surface area contributed by atoms with Crippen LogP contribution in [0.3, 0.4) is 0 Å². The van der Waals surface area contributed by atoms with Crippen LogP contribution in [0.2, 0.25) is 0 Å². The monoisotopic (exact) mass is 274 g/mol. The van der Waals surface area contributed by atoms with Gasteiger partial charge in [-0.2, -0.15) is 10.2 Å². The maximum atomic E-state index is 14.0. The number of nitrogens with one attached hydrogen (secondary N) is 2. The number of carbonyl (C=O) groups excluding carboxylic acids is 1. The Balaban J connectivity index is 1.98. The lowest BCUT2D eigenvalue weighted by Crippen LogP contribution is -2.24. The molecule has 1 aliphatic rings. The van der Waals surface area contributed by atoms with E-state index in [0.717, 1.165) is 0 Å². The molecule has 3 rings (SSSR count). The number of carbonyl (C=O) groups is 1. The number of rotatable bonds is 2. The highest BCUT2D eigenvalue weighted by Crippen LogP contribution is 2.29. The van der Waals surface area contributed by atoms with Crippen molar-refractivity contribution < 1.29 is 13.9 Å². The van der Waals surface area contributed by atoms with E-state index in [1.807, 2.05) is 0 Å². The first kappa shape index (κ1) is 12.3. The molecule has 0 fully saturated rings. The van der Waals surface area contributed by atoms with Gasteiger partial charge in [-0.1, -0.05) is 0 Å². The lowest BCUT2D eigenvalue weighted by molar-refractivity contribution is 0.0957. The molecule has 102 valence electrons. The fourth-order valence-corrected chi connectivity index (χ4v) is 1.89. The second kappa shape index (κ2) is 5.12. The third kappa shape index (κ3) is 2.37. The zero-order valence-corrected chi connectivity index (χ0v) is 10.4. The van der Waals surface area contributed by atoms with E-state index in [2.05, 4.69) is 20.8 Å². The molecule has 1 aliphatic heterocycles. The summed E-state index contributed by atoms with van der Waals surface area (Å²) in [6.45, 7) is 0.714. The molecule has 0 spiro atoms. The van der Waals surface area contributed by atoms with Gasteiger partial charge in [-0.25, -0.2) is 4.39 Å². The summed E-state index contributed by atoms with van der Waals surface area (Å²) in [6.07, 6.45) is 2.95. The zero-order valence-electron chi connectivity index (χ0n) is 10.4. The Bertz CT molecular complexity index is 648. The van der Waals surface area contributed by atoms with Crippen molar-refractivity contribution in [2.45, 2.75) is 0 Å². The summed E-state index contributed by atoms with van der Waals surface area (Å²) in [4.78, 5) is 11.9. The molecule has 2 N–H and O–H groups in total. The van der Waals surface area contributed by atoms with Crippen LogP contribution in [0.15, 0.2) is 30.6 Å². The summed E-state index contributed by atoms with van der Waals surface area (Å²) in [6, 6.07) is 4.28. The van der Waals surface area contributed by atoms with Crippen LogP contribution >= 0.6 is 0 Å². The first-order valence-corrected chi connectivity index (χ1v) is 6.02. The lowest BCUT2D eigenvalue weighted by atomic mass is 10.1. The minimum absolute atomic E-state index is 0.178. The minimum atomic E-state index is -0.504. The third-order valence-corrected chi connectivity index (χ3v) is 2.82. The summed E-state index contributed by atoms with van der Waals surface area (Å²) < 4.78 is 19.3. The van der Waals surface area contributed by atoms with Crippen molar-refractivity contribution in [2.24, 2.45) is 0 Å². The maximum absolute atomic E-state index is 14.0. The summed E-state index contributed by atoms with van der Waals surface area (Å²) >= 11 is 0. The van der Waals surface area contributed by atoms with Crippen LogP contribution in [-0.2, 0) is 0 Å². The van der Waals surface area contributed by atoms with Crippen molar-refractivity contribution in [3.63, 3.8) is 0 Å². The van der Waals surface area contributed by atoms with Crippen molar-refractivity contribution in [3.05, 3.63) is 42.0 Å². The SMILES string of the molecule is O=C1NCCOc2cc(F)c(Nc3ccnnc3)cc21. The molecule has 0 saturated heterocycles. The number of nitrogens with zero attached hydrogens (tertiary/aromatic N) is 2. The van der Waals surface area contributed by atoms with Gasteiger partial charge in [0.2, 0.25) is 0 Å².